The van der Waals surface area contributed by atoms with E-state index in [9.17, 15) is 18.0 Å². The quantitative estimate of drug-likeness (QED) is 0.713. The zero-order chi connectivity index (χ0) is 21.1. The fourth-order valence-electron chi connectivity index (χ4n) is 3.68. The van der Waals surface area contributed by atoms with E-state index >= 15 is 0 Å². The Balaban J connectivity index is 1.51. The van der Waals surface area contributed by atoms with Crippen molar-refractivity contribution in [2.75, 3.05) is 5.32 Å². The van der Waals surface area contributed by atoms with Gasteiger partial charge in [-0.25, -0.2) is 22.8 Å². The van der Waals surface area contributed by atoms with E-state index < -0.39 is 12.6 Å². The molecule has 2 N–H and O–H groups in total. The number of aromatic nitrogens is 4. The van der Waals surface area contributed by atoms with Gasteiger partial charge in [0.05, 0.1) is 17.9 Å². The maximum absolute atomic E-state index is 13.4. The van der Waals surface area contributed by atoms with E-state index in [1.165, 1.54) is 10.7 Å². The Bertz CT molecular complexity index is 888. The molecule has 1 amide bonds. The largest absolute Gasteiger partial charge is 0.367 e. The minimum atomic E-state index is -2.61. The van der Waals surface area contributed by atoms with Crippen LogP contribution in [0.5, 0.6) is 0 Å². The number of nitrogens with zero attached hydrogens (tertiary/aromatic N) is 4. The van der Waals surface area contributed by atoms with Gasteiger partial charge in [0.15, 0.2) is 0 Å². The SMILES string of the molecule is O=C(NCc1cc(NC2CCC(F)(F)CC2)nc(-n2ccc(CF)n2)n1)C1CCC1. The van der Waals surface area contributed by atoms with Gasteiger partial charge in [0.1, 0.15) is 12.5 Å². The molecule has 30 heavy (non-hydrogen) atoms. The van der Waals surface area contributed by atoms with Gasteiger partial charge in [-0.15, -0.1) is 0 Å². The van der Waals surface area contributed by atoms with E-state index in [2.05, 4.69) is 25.7 Å². The normalized spacial score (nSPS) is 19.3. The van der Waals surface area contributed by atoms with Crippen LogP contribution in [-0.2, 0) is 18.0 Å². The predicted octanol–water partition coefficient (Wildman–Crippen LogP) is 3.54. The lowest BCUT2D eigenvalue weighted by atomic mass is 9.85. The lowest BCUT2D eigenvalue weighted by Gasteiger charge is -2.29. The monoisotopic (exact) mass is 422 g/mol. The molecule has 0 unspecified atom stereocenters. The van der Waals surface area contributed by atoms with Crippen molar-refractivity contribution in [1.82, 2.24) is 25.1 Å². The summed E-state index contributed by atoms with van der Waals surface area (Å²) >= 11 is 0. The van der Waals surface area contributed by atoms with Crippen LogP contribution in [0.15, 0.2) is 18.3 Å². The molecule has 2 aliphatic carbocycles. The van der Waals surface area contributed by atoms with Crippen LogP contribution in [0.1, 0.15) is 56.3 Å². The molecule has 2 saturated carbocycles. The number of anilines is 1. The average molecular weight is 422 g/mol. The summed E-state index contributed by atoms with van der Waals surface area (Å²) in [6.45, 7) is -0.481. The number of carbonyl (C=O) groups is 1. The van der Waals surface area contributed by atoms with Crippen LogP contribution >= 0.6 is 0 Å². The maximum Gasteiger partial charge on any atom is 0.252 e. The first kappa shape index (κ1) is 20.6. The second-order valence-electron chi connectivity index (χ2n) is 8.05. The molecular weight excluding hydrogens is 397 g/mol. The van der Waals surface area contributed by atoms with Gasteiger partial charge in [-0.3, -0.25) is 4.79 Å². The van der Waals surface area contributed by atoms with Crippen molar-refractivity contribution in [2.24, 2.45) is 5.92 Å². The molecule has 10 heteroatoms. The lowest BCUT2D eigenvalue weighted by molar-refractivity contribution is -0.127. The van der Waals surface area contributed by atoms with Gasteiger partial charge in [-0.2, -0.15) is 10.1 Å². The van der Waals surface area contributed by atoms with Crippen molar-refractivity contribution in [3.63, 3.8) is 0 Å². The molecule has 0 radical (unpaired) electrons. The summed E-state index contributed by atoms with van der Waals surface area (Å²) in [5, 5.41) is 10.2. The second-order valence-corrected chi connectivity index (χ2v) is 8.05. The van der Waals surface area contributed by atoms with Crippen molar-refractivity contribution < 1.29 is 18.0 Å². The Hall–Kier alpha value is -2.65. The van der Waals surface area contributed by atoms with Crippen molar-refractivity contribution in [2.45, 2.75) is 70.1 Å². The lowest BCUT2D eigenvalue weighted by Crippen LogP contribution is -2.34. The zero-order valence-electron chi connectivity index (χ0n) is 16.6. The number of hydrogen-bond acceptors (Lipinski definition) is 5. The standard InChI is InChI=1S/C20H25F3N6O/c21-11-15-6-9-29(28-15)19-26-16(12-24-18(30)13-2-1-3-13)10-17(27-19)25-14-4-7-20(22,23)8-5-14/h6,9-10,13-14H,1-5,7-8,11-12H2,(H,24,30)(H,25,26,27). The topological polar surface area (TPSA) is 84.7 Å². The van der Waals surface area contributed by atoms with Crippen molar-refractivity contribution in [3.8, 4) is 5.95 Å². The van der Waals surface area contributed by atoms with E-state index in [1.54, 1.807) is 12.3 Å². The molecule has 0 atom stereocenters. The summed E-state index contributed by atoms with van der Waals surface area (Å²) in [5.41, 5.74) is 0.819. The third-order valence-corrected chi connectivity index (χ3v) is 5.74. The highest BCUT2D eigenvalue weighted by molar-refractivity contribution is 5.79. The highest BCUT2D eigenvalue weighted by Crippen LogP contribution is 2.34. The van der Waals surface area contributed by atoms with Gasteiger partial charge in [0.25, 0.3) is 5.95 Å². The van der Waals surface area contributed by atoms with Crippen LogP contribution in [0.25, 0.3) is 5.95 Å². The van der Waals surface area contributed by atoms with Crippen LogP contribution in [-0.4, -0.2) is 37.6 Å². The van der Waals surface area contributed by atoms with Crippen molar-refractivity contribution in [1.29, 1.82) is 0 Å². The van der Waals surface area contributed by atoms with E-state index in [-0.39, 0.29) is 48.9 Å². The Kier molecular flexibility index (Phi) is 5.92. The van der Waals surface area contributed by atoms with E-state index in [0.717, 1.165) is 19.3 Å². The first-order valence-electron chi connectivity index (χ1n) is 10.3. The summed E-state index contributed by atoms with van der Waals surface area (Å²) in [5.74, 6) is -1.84. The van der Waals surface area contributed by atoms with Gasteiger partial charge in [-0.1, -0.05) is 6.42 Å². The smallest absolute Gasteiger partial charge is 0.252 e. The van der Waals surface area contributed by atoms with E-state index in [1.807, 2.05) is 0 Å². The van der Waals surface area contributed by atoms with E-state index in [4.69, 9.17) is 0 Å². The summed E-state index contributed by atoms with van der Waals surface area (Å²) < 4.78 is 41.1. The number of carbonyl (C=O) groups excluding carboxylic acids is 1. The van der Waals surface area contributed by atoms with Crippen LogP contribution in [0.3, 0.4) is 0 Å². The Labute approximate surface area is 172 Å². The van der Waals surface area contributed by atoms with E-state index in [0.29, 0.717) is 24.4 Å². The Morgan fingerprint density at radius 1 is 1.17 bits per heavy atom. The highest BCUT2D eigenvalue weighted by atomic mass is 19.3. The molecule has 0 spiro atoms. The Morgan fingerprint density at radius 3 is 2.57 bits per heavy atom. The highest BCUT2D eigenvalue weighted by Gasteiger charge is 2.35. The molecule has 2 heterocycles. The molecule has 2 aromatic heterocycles. The molecule has 0 aliphatic heterocycles. The molecule has 7 nitrogen and oxygen atoms in total. The van der Waals surface area contributed by atoms with Gasteiger partial charge in [0.2, 0.25) is 11.8 Å². The summed E-state index contributed by atoms with van der Waals surface area (Å²) in [4.78, 5) is 21.0. The number of nitrogens with one attached hydrogen (secondary N) is 2. The average Bonchev–Trinajstić information content (AvgIpc) is 3.16. The van der Waals surface area contributed by atoms with Gasteiger partial charge >= 0.3 is 0 Å². The number of amides is 1. The summed E-state index contributed by atoms with van der Waals surface area (Å²) in [6, 6.07) is 3.12. The fraction of sp³-hybridized carbons (Fsp3) is 0.600. The molecule has 2 aromatic rings. The molecular formula is C20H25F3N6O. The third kappa shape index (κ3) is 4.91. The first-order chi connectivity index (χ1) is 14.4. The molecule has 2 fully saturated rings. The molecule has 162 valence electrons. The maximum atomic E-state index is 13.4. The number of halogens is 3. The van der Waals surface area contributed by atoms with Gasteiger partial charge < -0.3 is 10.6 Å². The third-order valence-electron chi connectivity index (χ3n) is 5.74. The molecule has 2 aliphatic rings. The molecule has 0 bridgehead atoms. The zero-order valence-corrected chi connectivity index (χ0v) is 16.6. The molecule has 0 aromatic carbocycles. The molecule has 4 rings (SSSR count). The number of rotatable bonds is 7. The summed E-state index contributed by atoms with van der Waals surface area (Å²) in [7, 11) is 0. The number of hydrogen-bond donors (Lipinski definition) is 2. The van der Waals surface area contributed by atoms with Crippen LogP contribution in [0, 0.1) is 5.92 Å². The van der Waals surface area contributed by atoms with Gasteiger partial charge in [0, 0.05) is 37.1 Å². The fourth-order valence-corrected chi connectivity index (χ4v) is 3.68. The molecule has 0 saturated heterocycles. The Morgan fingerprint density at radius 2 is 1.93 bits per heavy atom. The van der Waals surface area contributed by atoms with Gasteiger partial charge in [-0.05, 0) is 31.7 Å². The van der Waals surface area contributed by atoms with Crippen LogP contribution in [0.4, 0.5) is 19.0 Å². The second kappa shape index (κ2) is 8.61. The van der Waals surface area contributed by atoms with Crippen LogP contribution < -0.4 is 10.6 Å². The predicted molar refractivity (Wildman–Crippen MR) is 104 cm³/mol. The number of alkyl halides is 3. The van der Waals surface area contributed by atoms with Crippen molar-refractivity contribution >= 4 is 11.7 Å². The van der Waals surface area contributed by atoms with Crippen LogP contribution in [0.2, 0.25) is 0 Å². The minimum absolute atomic E-state index is 0.00392. The van der Waals surface area contributed by atoms with Crippen molar-refractivity contribution in [3.05, 3.63) is 29.7 Å². The summed E-state index contributed by atoms with van der Waals surface area (Å²) in [6.07, 6.45) is 4.80. The first-order valence-corrected chi connectivity index (χ1v) is 10.3. The minimum Gasteiger partial charge on any atom is -0.367 e.